The van der Waals surface area contributed by atoms with Gasteiger partial charge in [0.2, 0.25) is 5.91 Å². The molecule has 0 spiro atoms. The molecule has 0 fully saturated rings. The monoisotopic (exact) mass is 400 g/mol. The van der Waals surface area contributed by atoms with Gasteiger partial charge in [0.15, 0.2) is 0 Å². The number of aromatic nitrogens is 1. The summed E-state index contributed by atoms with van der Waals surface area (Å²) in [5, 5.41) is 11.7. The van der Waals surface area contributed by atoms with E-state index in [1.54, 1.807) is 35.4 Å². The molecule has 0 aliphatic carbocycles. The molecule has 1 N–H and O–H groups in total. The maximum Gasteiger partial charge on any atom is 0.227 e. The number of carbonyl (C=O) groups is 1. The molecule has 1 atom stereocenters. The molecule has 0 radical (unpaired) electrons. The third kappa shape index (κ3) is 5.86. The van der Waals surface area contributed by atoms with Gasteiger partial charge < -0.3 is 10.0 Å². The number of nitrogens with zero attached hydrogens (tertiary/aromatic N) is 2. The van der Waals surface area contributed by atoms with Crippen molar-refractivity contribution in [3.05, 3.63) is 62.9 Å². The lowest BCUT2D eigenvalue weighted by molar-refractivity contribution is -0.132. The summed E-state index contributed by atoms with van der Waals surface area (Å²) in [7, 11) is 0. The minimum Gasteiger partial charge on any atom is -0.386 e. The molecule has 1 heterocycles. The fourth-order valence-electron chi connectivity index (χ4n) is 2.45. The van der Waals surface area contributed by atoms with E-state index in [1.807, 2.05) is 6.92 Å². The third-order valence-corrected chi connectivity index (χ3v) is 4.64. The van der Waals surface area contributed by atoms with Crippen LogP contribution in [0.3, 0.4) is 0 Å². The molecule has 134 valence electrons. The molecule has 2 rings (SSSR count). The number of hydrogen-bond donors (Lipinski definition) is 1. The Kier molecular flexibility index (Phi) is 7.51. The van der Waals surface area contributed by atoms with Gasteiger partial charge in [-0.1, -0.05) is 47.8 Å². The van der Waals surface area contributed by atoms with E-state index >= 15 is 0 Å². The molecule has 0 saturated carbocycles. The molecule has 1 aromatic carbocycles. The van der Waals surface area contributed by atoms with Crippen LogP contribution >= 0.6 is 34.8 Å². The van der Waals surface area contributed by atoms with Crippen LogP contribution < -0.4 is 0 Å². The lowest BCUT2D eigenvalue weighted by Crippen LogP contribution is -2.36. The van der Waals surface area contributed by atoms with Crippen molar-refractivity contribution >= 4 is 40.7 Å². The van der Waals surface area contributed by atoms with E-state index < -0.39 is 6.10 Å². The number of carbonyl (C=O) groups excluding carboxylic acids is 1. The van der Waals surface area contributed by atoms with Crippen LogP contribution in [0.4, 0.5) is 0 Å². The highest BCUT2D eigenvalue weighted by Gasteiger charge is 2.19. The predicted octanol–water partition coefficient (Wildman–Crippen LogP) is 4.56. The van der Waals surface area contributed by atoms with Crippen molar-refractivity contribution in [3.63, 3.8) is 0 Å². The molecule has 1 amide bonds. The minimum absolute atomic E-state index is 0.0886. The van der Waals surface area contributed by atoms with E-state index in [1.165, 1.54) is 6.20 Å². The van der Waals surface area contributed by atoms with E-state index in [9.17, 15) is 9.90 Å². The summed E-state index contributed by atoms with van der Waals surface area (Å²) in [5.41, 5.74) is 1.36. The highest BCUT2D eigenvalue weighted by Crippen LogP contribution is 2.23. The van der Waals surface area contributed by atoms with Gasteiger partial charge in [-0.3, -0.25) is 9.78 Å². The Bertz CT molecular complexity index is 740. The Morgan fingerprint density at radius 3 is 2.60 bits per heavy atom. The number of hydrogen-bond acceptors (Lipinski definition) is 3. The summed E-state index contributed by atoms with van der Waals surface area (Å²) in [5.74, 6) is -0.0886. The molecule has 1 aromatic heterocycles. The van der Waals surface area contributed by atoms with Crippen LogP contribution in [-0.2, 0) is 11.2 Å². The number of aliphatic hydroxyl groups excluding tert-OH is 1. The Morgan fingerprint density at radius 1 is 1.20 bits per heavy atom. The van der Waals surface area contributed by atoms with Gasteiger partial charge in [0, 0.05) is 24.5 Å². The van der Waals surface area contributed by atoms with Crippen molar-refractivity contribution in [3.8, 4) is 0 Å². The number of aliphatic hydroxyl groups is 1. The van der Waals surface area contributed by atoms with Crippen molar-refractivity contribution < 1.29 is 9.90 Å². The van der Waals surface area contributed by atoms with Crippen molar-refractivity contribution in [2.24, 2.45) is 0 Å². The molecule has 4 nitrogen and oxygen atoms in total. The topological polar surface area (TPSA) is 53.4 Å². The van der Waals surface area contributed by atoms with Gasteiger partial charge in [0.05, 0.1) is 34.1 Å². The molecule has 1 unspecified atom stereocenters. The van der Waals surface area contributed by atoms with Gasteiger partial charge in [-0.2, -0.15) is 0 Å². The zero-order valence-electron chi connectivity index (χ0n) is 13.8. The molecule has 0 aliphatic heterocycles. The van der Waals surface area contributed by atoms with Gasteiger partial charge in [-0.05, 0) is 30.2 Å². The number of pyridine rings is 1. The van der Waals surface area contributed by atoms with Crippen molar-refractivity contribution in [2.75, 3.05) is 13.1 Å². The second-order valence-corrected chi connectivity index (χ2v) is 6.97. The van der Waals surface area contributed by atoms with E-state index in [0.717, 1.165) is 12.0 Å². The van der Waals surface area contributed by atoms with Crippen LogP contribution in [0.5, 0.6) is 0 Å². The Morgan fingerprint density at radius 2 is 1.96 bits per heavy atom. The van der Waals surface area contributed by atoms with Crippen LogP contribution in [0.25, 0.3) is 0 Å². The zero-order chi connectivity index (χ0) is 18.4. The maximum absolute atomic E-state index is 12.6. The smallest absolute Gasteiger partial charge is 0.227 e. The zero-order valence-corrected chi connectivity index (χ0v) is 16.0. The molecule has 0 aliphatic rings. The minimum atomic E-state index is -0.851. The van der Waals surface area contributed by atoms with Gasteiger partial charge in [0.25, 0.3) is 0 Å². The molecule has 0 bridgehead atoms. The first-order valence-electron chi connectivity index (χ1n) is 7.91. The summed E-state index contributed by atoms with van der Waals surface area (Å²) in [6.45, 7) is 2.70. The van der Waals surface area contributed by atoms with Crippen LogP contribution in [0.1, 0.15) is 30.6 Å². The Hall–Kier alpha value is -1.33. The van der Waals surface area contributed by atoms with Gasteiger partial charge in [0.1, 0.15) is 0 Å². The molecule has 25 heavy (non-hydrogen) atoms. The van der Waals surface area contributed by atoms with E-state index in [0.29, 0.717) is 27.2 Å². The molecule has 7 heteroatoms. The Balaban J connectivity index is 2.07. The van der Waals surface area contributed by atoms with Gasteiger partial charge >= 0.3 is 0 Å². The molecule has 0 saturated heterocycles. The molecule has 2 aromatic rings. The van der Waals surface area contributed by atoms with E-state index in [2.05, 4.69) is 4.98 Å². The van der Waals surface area contributed by atoms with Crippen LogP contribution in [0.15, 0.2) is 36.7 Å². The second-order valence-electron chi connectivity index (χ2n) is 5.72. The SMILES string of the molecule is CCCN(CC(O)c1cncc(Cl)c1)C(=O)Cc1ccc(Cl)c(Cl)c1. The second kappa shape index (κ2) is 9.39. The summed E-state index contributed by atoms with van der Waals surface area (Å²) in [6.07, 6.45) is 3.17. The average molecular weight is 402 g/mol. The number of benzene rings is 1. The summed E-state index contributed by atoms with van der Waals surface area (Å²) >= 11 is 17.8. The summed E-state index contributed by atoms with van der Waals surface area (Å²) in [6, 6.07) is 6.77. The lowest BCUT2D eigenvalue weighted by atomic mass is 10.1. The van der Waals surface area contributed by atoms with Gasteiger partial charge in [-0.25, -0.2) is 0 Å². The fourth-order valence-corrected chi connectivity index (χ4v) is 2.95. The maximum atomic E-state index is 12.6. The fraction of sp³-hybridized carbons (Fsp3) is 0.333. The first-order valence-corrected chi connectivity index (χ1v) is 9.04. The lowest BCUT2D eigenvalue weighted by Gasteiger charge is -2.25. The highest BCUT2D eigenvalue weighted by molar-refractivity contribution is 6.42. The number of rotatable bonds is 7. The highest BCUT2D eigenvalue weighted by atomic mass is 35.5. The van der Waals surface area contributed by atoms with Crippen molar-refractivity contribution in [1.82, 2.24) is 9.88 Å². The first kappa shape index (κ1) is 20.0. The number of amides is 1. The Labute approximate surface area is 162 Å². The van der Waals surface area contributed by atoms with Crippen molar-refractivity contribution in [2.45, 2.75) is 25.9 Å². The van der Waals surface area contributed by atoms with Crippen LogP contribution in [-0.4, -0.2) is 34.0 Å². The van der Waals surface area contributed by atoms with E-state index in [-0.39, 0.29) is 18.9 Å². The first-order chi connectivity index (χ1) is 11.9. The molecular formula is C18H19Cl3N2O2. The largest absolute Gasteiger partial charge is 0.386 e. The van der Waals surface area contributed by atoms with Crippen LogP contribution in [0, 0.1) is 0 Å². The van der Waals surface area contributed by atoms with Crippen molar-refractivity contribution in [1.29, 1.82) is 0 Å². The van der Waals surface area contributed by atoms with Gasteiger partial charge in [-0.15, -0.1) is 0 Å². The summed E-state index contributed by atoms with van der Waals surface area (Å²) < 4.78 is 0. The summed E-state index contributed by atoms with van der Waals surface area (Å²) in [4.78, 5) is 18.2. The standard InChI is InChI=1S/C18H19Cl3N2O2/c1-2-5-23(11-17(24)13-8-14(19)10-22-9-13)18(25)7-12-3-4-15(20)16(21)6-12/h3-4,6,8-10,17,24H,2,5,7,11H2,1H3. The quantitative estimate of drug-likeness (QED) is 0.740. The van der Waals surface area contributed by atoms with E-state index in [4.69, 9.17) is 34.8 Å². The molecular weight excluding hydrogens is 383 g/mol. The average Bonchev–Trinajstić information content (AvgIpc) is 2.57. The normalized spacial score (nSPS) is 12.0. The third-order valence-electron chi connectivity index (χ3n) is 3.69. The van der Waals surface area contributed by atoms with Crippen LogP contribution in [0.2, 0.25) is 15.1 Å². The predicted molar refractivity (Wildman–Crippen MR) is 101 cm³/mol. The number of halogens is 3.